The molecule has 0 fully saturated rings. The summed E-state index contributed by atoms with van der Waals surface area (Å²) in [5, 5.41) is 0. The standard InChI is InChI=1S/C25H36O2/c1-3-5-6-7-8-9-10-11-12-13-14-15-16-18-23-19-17-20-25(24(23)22-26)27-21-4-2/h12-20,22H,3-11,21H2,1-2H3. The molecule has 0 aliphatic rings. The molecule has 0 saturated heterocycles. The van der Waals surface area contributed by atoms with Crippen molar-refractivity contribution in [2.75, 3.05) is 6.61 Å². The van der Waals surface area contributed by atoms with Crippen molar-refractivity contribution in [3.05, 3.63) is 59.7 Å². The topological polar surface area (TPSA) is 26.3 Å². The Kier molecular flexibility index (Phi) is 13.7. The van der Waals surface area contributed by atoms with Crippen LogP contribution in [0.2, 0.25) is 0 Å². The maximum absolute atomic E-state index is 11.4. The molecule has 1 rings (SSSR count). The smallest absolute Gasteiger partial charge is 0.154 e. The highest BCUT2D eigenvalue weighted by molar-refractivity contribution is 5.85. The van der Waals surface area contributed by atoms with Crippen LogP contribution >= 0.6 is 0 Å². The van der Waals surface area contributed by atoms with Crippen LogP contribution in [0.1, 0.15) is 87.6 Å². The Morgan fingerprint density at radius 1 is 0.852 bits per heavy atom. The number of hydrogen-bond acceptors (Lipinski definition) is 2. The van der Waals surface area contributed by atoms with Crippen LogP contribution in [0, 0.1) is 0 Å². The van der Waals surface area contributed by atoms with E-state index in [2.05, 4.69) is 26.0 Å². The molecule has 2 nitrogen and oxygen atoms in total. The van der Waals surface area contributed by atoms with Gasteiger partial charge in [0, 0.05) is 0 Å². The highest BCUT2D eigenvalue weighted by Gasteiger charge is 2.06. The normalized spacial score (nSPS) is 11.8. The van der Waals surface area contributed by atoms with E-state index in [1.807, 2.05) is 42.5 Å². The molecule has 0 bridgehead atoms. The van der Waals surface area contributed by atoms with Crippen LogP contribution in [-0.2, 0) is 0 Å². The van der Waals surface area contributed by atoms with Crippen LogP contribution in [0.25, 0.3) is 6.08 Å². The van der Waals surface area contributed by atoms with Crippen molar-refractivity contribution >= 4 is 12.4 Å². The van der Waals surface area contributed by atoms with E-state index in [-0.39, 0.29) is 0 Å². The van der Waals surface area contributed by atoms with Crippen molar-refractivity contribution in [3.63, 3.8) is 0 Å². The van der Waals surface area contributed by atoms with Gasteiger partial charge in [0.15, 0.2) is 6.29 Å². The van der Waals surface area contributed by atoms with Crippen molar-refractivity contribution in [2.24, 2.45) is 0 Å². The quantitative estimate of drug-likeness (QED) is 0.181. The summed E-state index contributed by atoms with van der Waals surface area (Å²) >= 11 is 0. The molecule has 27 heavy (non-hydrogen) atoms. The summed E-state index contributed by atoms with van der Waals surface area (Å²) in [7, 11) is 0. The van der Waals surface area contributed by atoms with E-state index < -0.39 is 0 Å². The second-order valence-electron chi connectivity index (χ2n) is 6.81. The van der Waals surface area contributed by atoms with Gasteiger partial charge < -0.3 is 4.74 Å². The molecule has 0 radical (unpaired) electrons. The SMILES string of the molecule is CCCCCCCCCC=CC=CC=Cc1cccc(OCCC)c1C=O. The Hall–Kier alpha value is -2.09. The molecule has 0 heterocycles. The second-order valence-corrected chi connectivity index (χ2v) is 6.81. The number of carbonyl (C=O) groups is 1. The van der Waals surface area contributed by atoms with Gasteiger partial charge >= 0.3 is 0 Å². The van der Waals surface area contributed by atoms with Gasteiger partial charge in [-0.05, 0) is 30.9 Å². The van der Waals surface area contributed by atoms with Gasteiger partial charge in [-0.25, -0.2) is 0 Å². The number of carbonyl (C=O) groups excluding carboxylic acids is 1. The first-order chi connectivity index (χ1) is 13.3. The summed E-state index contributed by atoms with van der Waals surface area (Å²) in [6.07, 6.45) is 24.7. The lowest BCUT2D eigenvalue weighted by Gasteiger charge is -2.08. The minimum Gasteiger partial charge on any atom is -0.493 e. The fourth-order valence-electron chi connectivity index (χ4n) is 2.85. The van der Waals surface area contributed by atoms with E-state index in [1.54, 1.807) is 0 Å². The predicted molar refractivity (Wildman–Crippen MR) is 118 cm³/mol. The number of allylic oxidation sites excluding steroid dienone is 5. The van der Waals surface area contributed by atoms with E-state index in [9.17, 15) is 4.79 Å². The molecular formula is C25H36O2. The first kappa shape index (κ1) is 23.0. The summed E-state index contributed by atoms with van der Waals surface area (Å²) in [6.45, 7) is 4.93. The number of unbranched alkanes of at least 4 members (excludes halogenated alkanes) is 7. The molecule has 0 amide bonds. The Morgan fingerprint density at radius 2 is 1.59 bits per heavy atom. The van der Waals surface area contributed by atoms with Crippen LogP contribution in [-0.4, -0.2) is 12.9 Å². The summed E-state index contributed by atoms with van der Waals surface area (Å²) in [6, 6.07) is 5.70. The van der Waals surface area contributed by atoms with E-state index >= 15 is 0 Å². The molecule has 0 atom stereocenters. The number of hydrogen-bond donors (Lipinski definition) is 0. The molecule has 0 aliphatic heterocycles. The van der Waals surface area contributed by atoms with Crippen molar-refractivity contribution in [1.29, 1.82) is 0 Å². The van der Waals surface area contributed by atoms with Gasteiger partial charge in [0.05, 0.1) is 12.2 Å². The average Bonchev–Trinajstić information content (AvgIpc) is 2.69. The monoisotopic (exact) mass is 368 g/mol. The highest BCUT2D eigenvalue weighted by Crippen LogP contribution is 2.22. The van der Waals surface area contributed by atoms with Gasteiger partial charge in [-0.1, -0.05) is 101 Å². The fourth-order valence-corrected chi connectivity index (χ4v) is 2.85. The summed E-state index contributed by atoms with van der Waals surface area (Å²) in [5.41, 5.74) is 1.50. The lowest BCUT2D eigenvalue weighted by Crippen LogP contribution is -1.99. The van der Waals surface area contributed by atoms with Crippen LogP contribution < -0.4 is 4.74 Å². The molecule has 2 heteroatoms. The van der Waals surface area contributed by atoms with Gasteiger partial charge in [0.25, 0.3) is 0 Å². The van der Waals surface area contributed by atoms with E-state index in [4.69, 9.17) is 4.74 Å². The first-order valence-electron chi connectivity index (χ1n) is 10.5. The van der Waals surface area contributed by atoms with E-state index in [0.29, 0.717) is 17.9 Å². The number of aldehydes is 1. The summed E-state index contributed by atoms with van der Waals surface area (Å²) in [4.78, 5) is 11.4. The highest BCUT2D eigenvalue weighted by atomic mass is 16.5. The maximum atomic E-state index is 11.4. The molecule has 1 aromatic carbocycles. The Morgan fingerprint density at radius 3 is 2.33 bits per heavy atom. The van der Waals surface area contributed by atoms with Crippen molar-refractivity contribution in [2.45, 2.75) is 71.6 Å². The van der Waals surface area contributed by atoms with Crippen LogP contribution in [0.15, 0.2) is 48.6 Å². The zero-order valence-corrected chi connectivity index (χ0v) is 17.2. The van der Waals surface area contributed by atoms with Gasteiger partial charge in [0.2, 0.25) is 0 Å². The molecule has 0 unspecified atom stereocenters. The molecule has 0 aromatic heterocycles. The molecule has 0 saturated carbocycles. The van der Waals surface area contributed by atoms with Crippen molar-refractivity contribution in [1.82, 2.24) is 0 Å². The second kappa shape index (κ2) is 16.1. The third-order valence-electron chi connectivity index (χ3n) is 4.40. The maximum Gasteiger partial charge on any atom is 0.154 e. The summed E-state index contributed by atoms with van der Waals surface area (Å²) in [5.74, 6) is 0.660. The Labute approximate surface area is 166 Å². The molecule has 0 aliphatic carbocycles. The van der Waals surface area contributed by atoms with E-state index in [1.165, 1.54) is 44.9 Å². The lowest BCUT2D eigenvalue weighted by molar-refractivity contribution is 0.111. The average molecular weight is 369 g/mol. The molecule has 0 spiro atoms. The molecule has 1 aromatic rings. The number of ether oxygens (including phenoxy) is 1. The third kappa shape index (κ3) is 10.6. The van der Waals surface area contributed by atoms with Crippen LogP contribution in [0.5, 0.6) is 5.75 Å². The zero-order valence-electron chi connectivity index (χ0n) is 17.2. The third-order valence-corrected chi connectivity index (χ3v) is 4.40. The minimum absolute atomic E-state index is 0.616. The van der Waals surface area contributed by atoms with Crippen molar-refractivity contribution < 1.29 is 9.53 Å². The number of rotatable bonds is 15. The first-order valence-corrected chi connectivity index (χ1v) is 10.5. The van der Waals surface area contributed by atoms with Gasteiger partial charge in [-0.2, -0.15) is 0 Å². The molecular weight excluding hydrogens is 332 g/mol. The largest absolute Gasteiger partial charge is 0.493 e. The van der Waals surface area contributed by atoms with Gasteiger partial charge in [-0.3, -0.25) is 4.79 Å². The molecule has 0 N–H and O–H groups in total. The minimum atomic E-state index is 0.616. The van der Waals surface area contributed by atoms with E-state index in [0.717, 1.165) is 24.7 Å². The van der Waals surface area contributed by atoms with Crippen molar-refractivity contribution in [3.8, 4) is 5.75 Å². The Bertz CT molecular complexity index is 596. The zero-order chi connectivity index (χ0) is 19.6. The Balaban J connectivity index is 2.34. The lowest BCUT2D eigenvalue weighted by atomic mass is 10.1. The summed E-state index contributed by atoms with van der Waals surface area (Å²) < 4.78 is 5.64. The van der Waals surface area contributed by atoms with Gasteiger partial charge in [0.1, 0.15) is 5.75 Å². The fraction of sp³-hybridized carbons (Fsp3) is 0.480. The molecule has 148 valence electrons. The van der Waals surface area contributed by atoms with Crippen LogP contribution in [0.4, 0.5) is 0 Å². The van der Waals surface area contributed by atoms with Crippen LogP contribution in [0.3, 0.4) is 0 Å². The van der Waals surface area contributed by atoms with Gasteiger partial charge in [-0.15, -0.1) is 0 Å². The predicted octanol–water partition coefficient (Wildman–Crippen LogP) is 7.55. The number of benzene rings is 1.